The van der Waals surface area contributed by atoms with Gasteiger partial charge in [-0.15, -0.1) is 23.1 Å². The predicted molar refractivity (Wildman–Crippen MR) is 155 cm³/mol. The van der Waals surface area contributed by atoms with Crippen molar-refractivity contribution >= 4 is 65.0 Å². The molecule has 180 valence electrons. The fourth-order valence-corrected chi connectivity index (χ4v) is 9.20. The van der Waals surface area contributed by atoms with Crippen molar-refractivity contribution in [3.8, 4) is 0 Å². The lowest BCUT2D eigenvalue weighted by Crippen LogP contribution is -2.06. The van der Waals surface area contributed by atoms with E-state index in [-0.39, 0.29) is 0 Å². The Kier molecular flexibility index (Phi) is 11.5. The van der Waals surface area contributed by atoms with Crippen molar-refractivity contribution < 1.29 is 0 Å². The molecule has 0 bridgehead atoms. The minimum absolute atomic E-state index is 0.541. The number of alkyl halides is 1. The summed E-state index contributed by atoms with van der Waals surface area (Å²) >= 11 is 11.9. The maximum Gasteiger partial charge on any atom is 0.0711 e. The molecule has 0 spiro atoms. The molecule has 0 N–H and O–H groups in total. The molecule has 3 rings (SSSR count). The van der Waals surface area contributed by atoms with Gasteiger partial charge in [-0.25, -0.2) is 0 Å². The van der Waals surface area contributed by atoms with Crippen LogP contribution in [0.5, 0.6) is 0 Å². The van der Waals surface area contributed by atoms with E-state index in [9.17, 15) is 0 Å². The average Bonchev–Trinajstić information content (AvgIpc) is 3.36. The van der Waals surface area contributed by atoms with Gasteiger partial charge >= 0.3 is 0 Å². The summed E-state index contributed by atoms with van der Waals surface area (Å²) in [4.78, 5) is 1.63. The van der Waals surface area contributed by atoms with Gasteiger partial charge in [0.15, 0.2) is 0 Å². The van der Waals surface area contributed by atoms with Crippen molar-refractivity contribution in [2.75, 3.05) is 0 Å². The first kappa shape index (κ1) is 27.1. The van der Waals surface area contributed by atoms with Crippen LogP contribution in [0.4, 0.5) is 0 Å². The molecule has 1 aliphatic heterocycles. The van der Waals surface area contributed by atoms with Gasteiger partial charge in [-0.3, -0.25) is 0 Å². The molecule has 2 heterocycles. The highest BCUT2D eigenvalue weighted by Gasteiger charge is 2.29. The normalized spacial score (nSPS) is 17.8. The van der Waals surface area contributed by atoms with E-state index >= 15 is 0 Å². The zero-order valence-corrected chi connectivity index (χ0v) is 25.4. The Hall–Kier alpha value is 0.490. The Morgan fingerprint density at radius 2 is 1.50 bits per heavy atom. The number of halogens is 2. The zero-order chi connectivity index (χ0) is 23.1. The highest BCUT2D eigenvalue weighted by atomic mass is 79.9. The number of aryl methyl sites for hydroxylation is 2. The second-order valence-electron chi connectivity index (χ2n) is 9.70. The molecule has 0 fully saturated rings. The van der Waals surface area contributed by atoms with Crippen LogP contribution in [0, 0.1) is 11.8 Å². The summed E-state index contributed by atoms with van der Waals surface area (Å²) in [6, 6.07) is 2.43. The van der Waals surface area contributed by atoms with Crippen molar-refractivity contribution in [2.45, 2.75) is 120 Å². The fourth-order valence-electron chi connectivity index (χ4n) is 5.38. The monoisotopic (exact) mass is 600 g/mol. The number of benzene rings is 1. The van der Waals surface area contributed by atoms with Gasteiger partial charge in [-0.05, 0) is 88.0 Å². The first-order chi connectivity index (χ1) is 15.5. The van der Waals surface area contributed by atoms with E-state index in [2.05, 4.69) is 77.4 Å². The van der Waals surface area contributed by atoms with Gasteiger partial charge in [0.2, 0.25) is 0 Å². The average molecular weight is 603 g/mol. The highest BCUT2D eigenvalue weighted by molar-refractivity contribution is 9.11. The van der Waals surface area contributed by atoms with Crippen LogP contribution in [0.2, 0.25) is 0 Å². The van der Waals surface area contributed by atoms with Crippen molar-refractivity contribution in [1.29, 1.82) is 0 Å². The van der Waals surface area contributed by atoms with Crippen LogP contribution in [0.25, 0.3) is 10.1 Å². The van der Waals surface area contributed by atoms with Crippen LogP contribution in [0.15, 0.2) is 14.7 Å². The summed E-state index contributed by atoms with van der Waals surface area (Å²) < 4.78 is 3.42. The van der Waals surface area contributed by atoms with Gasteiger partial charge in [0, 0.05) is 9.60 Å². The topological polar surface area (TPSA) is 0 Å². The smallest absolute Gasteiger partial charge is 0.0711 e. The molecule has 0 radical (unpaired) electrons. The maximum atomic E-state index is 3.98. The molecular formula is C28H42Br2S2. The minimum atomic E-state index is 0.541. The molecule has 4 heteroatoms. The number of rotatable bonds is 14. The first-order valence-corrected chi connectivity index (χ1v) is 16.5. The van der Waals surface area contributed by atoms with Gasteiger partial charge < -0.3 is 0 Å². The van der Waals surface area contributed by atoms with Crippen LogP contribution in [0.1, 0.15) is 109 Å². The first-order valence-electron chi connectivity index (χ1n) is 13.1. The van der Waals surface area contributed by atoms with Crippen LogP contribution in [-0.4, -0.2) is 4.16 Å². The van der Waals surface area contributed by atoms with Crippen molar-refractivity contribution in [1.82, 2.24) is 0 Å². The van der Waals surface area contributed by atoms with Gasteiger partial charge in [0.1, 0.15) is 0 Å². The van der Waals surface area contributed by atoms with Gasteiger partial charge in [0.05, 0.1) is 7.95 Å². The summed E-state index contributed by atoms with van der Waals surface area (Å²) in [5.74, 6) is 1.75. The highest BCUT2D eigenvalue weighted by Crippen LogP contribution is 2.50. The SMILES string of the molecule is CCCCC(CC)CCc1c2c(c(CCC(CC)CCCC)c3sc(Br)cc13)CC(Br)S2. The molecule has 32 heavy (non-hydrogen) atoms. The number of unbranched alkanes of at least 4 members (excludes halogenated alkanes) is 2. The molecule has 0 nitrogen and oxygen atoms in total. The van der Waals surface area contributed by atoms with E-state index in [1.165, 1.54) is 87.3 Å². The van der Waals surface area contributed by atoms with Gasteiger partial charge in [-0.2, -0.15) is 0 Å². The van der Waals surface area contributed by atoms with Crippen LogP contribution < -0.4 is 0 Å². The molecule has 0 amide bonds. The second kappa shape index (κ2) is 13.5. The van der Waals surface area contributed by atoms with E-state index < -0.39 is 0 Å². The molecular weight excluding hydrogens is 560 g/mol. The molecule has 3 unspecified atom stereocenters. The summed E-state index contributed by atoms with van der Waals surface area (Å²) in [5.41, 5.74) is 5.01. The number of fused-ring (bicyclic) bond motifs is 2. The standard InChI is InChI=1S/C28H42Br2S2/c1-5-9-11-19(7-3)13-15-21-23-17-25(29)32-28(23)22(24-18-26(30)31-27(21)24)16-14-20(8-4)12-10-6-2/h17,19-20,26H,5-16,18H2,1-4H3. The number of thiophene rings is 1. The Balaban J connectivity index is 1.91. The Labute approximate surface area is 222 Å². The lowest BCUT2D eigenvalue weighted by Gasteiger charge is -2.20. The summed E-state index contributed by atoms with van der Waals surface area (Å²) in [6.45, 7) is 9.42. The Morgan fingerprint density at radius 1 is 0.906 bits per heavy atom. The molecule has 1 aromatic carbocycles. The van der Waals surface area contributed by atoms with E-state index in [0.717, 1.165) is 11.8 Å². The third-order valence-electron chi connectivity index (χ3n) is 7.52. The minimum Gasteiger partial charge on any atom is -0.128 e. The second-order valence-corrected chi connectivity index (χ2v) is 15.1. The lowest BCUT2D eigenvalue weighted by molar-refractivity contribution is 0.420. The predicted octanol–water partition coefficient (Wildman–Crippen LogP) is 11.3. The molecule has 3 atom stereocenters. The Bertz CT molecular complexity index is 790. The van der Waals surface area contributed by atoms with E-state index in [4.69, 9.17) is 0 Å². The number of hydrogen-bond donors (Lipinski definition) is 0. The van der Waals surface area contributed by atoms with Crippen molar-refractivity contribution in [3.05, 3.63) is 26.5 Å². The molecule has 2 aromatic rings. The lowest BCUT2D eigenvalue weighted by atomic mass is 9.87. The third kappa shape index (κ3) is 6.79. The van der Waals surface area contributed by atoms with Gasteiger partial charge in [0.25, 0.3) is 0 Å². The maximum absolute atomic E-state index is 3.98. The number of hydrogen-bond acceptors (Lipinski definition) is 2. The summed E-state index contributed by atoms with van der Waals surface area (Å²) in [7, 11) is 0. The fraction of sp³-hybridized carbons (Fsp3) is 0.714. The molecule has 1 aromatic heterocycles. The third-order valence-corrected chi connectivity index (χ3v) is 11.2. The largest absolute Gasteiger partial charge is 0.128 e. The molecule has 0 saturated heterocycles. The van der Waals surface area contributed by atoms with Crippen LogP contribution in [-0.2, 0) is 19.3 Å². The van der Waals surface area contributed by atoms with Crippen LogP contribution >= 0.6 is 55.0 Å². The number of thioether (sulfide) groups is 1. The Morgan fingerprint density at radius 3 is 2.06 bits per heavy atom. The molecule has 0 saturated carbocycles. The van der Waals surface area contributed by atoms with Crippen molar-refractivity contribution in [2.24, 2.45) is 11.8 Å². The summed E-state index contributed by atoms with van der Waals surface area (Å²) in [5, 5.41) is 1.55. The van der Waals surface area contributed by atoms with E-state index in [1.54, 1.807) is 31.7 Å². The molecule has 1 aliphatic rings. The van der Waals surface area contributed by atoms with Crippen LogP contribution in [0.3, 0.4) is 0 Å². The molecule has 0 aliphatic carbocycles. The summed E-state index contributed by atoms with van der Waals surface area (Å²) in [6.07, 6.45) is 17.2. The zero-order valence-electron chi connectivity index (χ0n) is 20.6. The quantitative estimate of drug-likeness (QED) is 0.194. The van der Waals surface area contributed by atoms with E-state index in [0.29, 0.717) is 4.16 Å². The van der Waals surface area contributed by atoms with Crippen molar-refractivity contribution in [3.63, 3.8) is 0 Å². The van der Waals surface area contributed by atoms with Gasteiger partial charge in [-0.1, -0.05) is 95.0 Å². The van der Waals surface area contributed by atoms with E-state index in [1.807, 2.05) is 11.3 Å².